The Kier molecular flexibility index (Phi) is 6.08. The topological polar surface area (TPSA) is 78.4 Å². The summed E-state index contributed by atoms with van der Waals surface area (Å²) in [5.74, 6) is 1.50. The summed E-state index contributed by atoms with van der Waals surface area (Å²) in [4.78, 5) is 13.2. The van der Waals surface area contributed by atoms with Gasteiger partial charge in [-0.1, -0.05) is 29.8 Å². The molecule has 0 unspecified atom stereocenters. The zero-order chi connectivity index (χ0) is 18.6. The average molecular weight is 396 g/mol. The number of anilines is 1. The molecule has 1 aliphatic rings. The molecule has 0 atom stereocenters. The Balaban J connectivity index is 1.47. The van der Waals surface area contributed by atoms with E-state index in [1.807, 2.05) is 6.92 Å². The number of halogens is 1. The van der Waals surface area contributed by atoms with Gasteiger partial charge in [0.15, 0.2) is 0 Å². The molecule has 26 heavy (non-hydrogen) atoms. The standard InChI is InChI=1S/C17H22ClN5O2S/c1-14-20-16(18)13-17(21-14)23-11-9-22(10-12-23)8-7-19-26(24,25)15-5-3-2-4-6-15/h2-6,13,19H,7-12H2,1H3. The van der Waals surface area contributed by atoms with Gasteiger partial charge in [0, 0.05) is 45.3 Å². The number of nitrogens with one attached hydrogen (secondary N) is 1. The maximum Gasteiger partial charge on any atom is 0.240 e. The fourth-order valence-corrected chi connectivity index (χ4v) is 4.16. The number of sulfonamides is 1. The van der Waals surface area contributed by atoms with E-state index >= 15 is 0 Å². The molecule has 0 spiro atoms. The summed E-state index contributed by atoms with van der Waals surface area (Å²) in [5, 5.41) is 0.449. The number of rotatable bonds is 6. The molecule has 9 heteroatoms. The molecule has 1 fully saturated rings. The molecular formula is C17H22ClN5O2S. The van der Waals surface area contributed by atoms with Crippen LogP contribution in [0.4, 0.5) is 5.82 Å². The van der Waals surface area contributed by atoms with Gasteiger partial charge in [0.05, 0.1) is 4.90 Å². The maximum absolute atomic E-state index is 12.2. The summed E-state index contributed by atoms with van der Waals surface area (Å²) in [6.07, 6.45) is 0. The van der Waals surface area contributed by atoms with Crippen molar-refractivity contribution in [2.75, 3.05) is 44.2 Å². The van der Waals surface area contributed by atoms with E-state index in [9.17, 15) is 8.42 Å². The van der Waals surface area contributed by atoms with Gasteiger partial charge in [-0.15, -0.1) is 0 Å². The third-order valence-electron chi connectivity index (χ3n) is 4.26. The zero-order valence-electron chi connectivity index (χ0n) is 14.6. The van der Waals surface area contributed by atoms with Crippen LogP contribution >= 0.6 is 11.6 Å². The quantitative estimate of drug-likeness (QED) is 0.747. The second-order valence-electron chi connectivity index (χ2n) is 6.14. The van der Waals surface area contributed by atoms with Gasteiger partial charge in [-0.3, -0.25) is 4.90 Å². The summed E-state index contributed by atoms with van der Waals surface area (Å²) in [6, 6.07) is 10.2. The van der Waals surface area contributed by atoms with E-state index in [-0.39, 0.29) is 0 Å². The van der Waals surface area contributed by atoms with Crippen LogP contribution in [0.3, 0.4) is 0 Å². The Hall–Kier alpha value is -1.74. The predicted octanol–water partition coefficient (Wildman–Crippen LogP) is 1.54. The van der Waals surface area contributed by atoms with Crippen LogP contribution < -0.4 is 9.62 Å². The molecule has 0 radical (unpaired) electrons. The van der Waals surface area contributed by atoms with Gasteiger partial charge in [0.1, 0.15) is 16.8 Å². The largest absolute Gasteiger partial charge is 0.354 e. The zero-order valence-corrected chi connectivity index (χ0v) is 16.2. The molecule has 1 N–H and O–H groups in total. The summed E-state index contributed by atoms with van der Waals surface area (Å²) in [5.41, 5.74) is 0. The highest BCUT2D eigenvalue weighted by Crippen LogP contribution is 2.17. The first kappa shape index (κ1) is 19.0. The molecule has 0 saturated carbocycles. The smallest absolute Gasteiger partial charge is 0.240 e. The number of benzene rings is 1. The Morgan fingerprint density at radius 1 is 1.12 bits per heavy atom. The fourth-order valence-electron chi connectivity index (χ4n) is 2.90. The summed E-state index contributed by atoms with van der Waals surface area (Å²) in [7, 11) is -3.44. The van der Waals surface area contributed by atoms with E-state index in [0.717, 1.165) is 32.0 Å². The van der Waals surface area contributed by atoms with E-state index in [4.69, 9.17) is 11.6 Å². The van der Waals surface area contributed by atoms with Crippen molar-refractivity contribution in [1.82, 2.24) is 19.6 Å². The van der Waals surface area contributed by atoms with Crippen molar-refractivity contribution in [3.8, 4) is 0 Å². The fraction of sp³-hybridized carbons (Fsp3) is 0.412. The van der Waals surface area contributed by atoms with Crippen molar-refractivity contribution < 1.29 is 8.42 Å². The van der Waals surface area contributed by atoms with Crippen LogP contribution in [0.2, 0.25) is 5.15 Å². The van der Waals surface area contributed by atoms with Crippen molar-refractivity contribution in [2.24, 2.45) is 0 Å². The van der Waals surface area contributed by atoms with Crippen LogP contribution in [0.1, 0.15) is 5.82 Å². The molecule has 3 rings (SSSR count). The third kappa shape index (κ3) is 4.91. The highest BCUT2D eigenvalue weighted by atomic mass is 35.5. The number of hydrogen-bond donors (Lipinski definition) is 1. The lowest BCUT2D eigenvalue weighted by molar-refractivity contribution is 0.261. The summed E-state index contributed by atoms with van der Waals surface area (Å²) in [6.45, 7) is 6.20. The molecule has 0 bridgehead atoms. The van der Waals surface area contributed by atoms with Crippen LogP contribution in [0.5, 0.6) is 0 Å². The predicted molar refractivity (Wildman–Crippen MR) is 102 cm³/mol. The third-order valence-corrected chi connectivity index (χ3v) is 5.93. The molecule has 140 valence electrons. The van der Waals surface area contributed by atoms with Gasteiger partial charge in [0.2, 0.25) is 10.0 Å². The van der Waals surface area contributed by atoms with Crippen molar-refractivity contribution >= 4 is 27.4 Å². The minimum absolute atomic E-state index is 0.292. The molecule has 7 nitrogen and oxygen atoms in total. The maximum atomic E-state index is 12.2. The van der Waals surface area contributed by atoms with Crippen molar-refractivity contribution in [3.63, 3.8) is 0 Å². The Morgan fingerprint density at radius 3 is 2.46 bits per heavy atom. The monoisotopic (exact) mass is 395 g/mol. The number of nitrogens with zero attached hydrogens (tertiary/aromatic N) is 4. The van der Waals surface area contributed by atoms with E-state index < -0.39 is 10.0 Å². The van der Waals surface area contributed by atoms with E-state index in [2.05, 4.69) is 24.5 Å². The highest BCUT2D eigenvalue weighted by Gasteiger charge is 2.19. The summed E-state index contributed by atoms with van der Waals surface area (Å²) >= 11 is 6.01. The van der Waals surface area contributed by atoms with Crippen molar-refractivity contribution in [1.29, 1.82) is 0 Å². The highest BCUT2D eigenvalue weighted by molar-refractivity contribution is 7.89. The molecule has 0 aliphatic carbocycles. The lowest BCUT2D eigenvalue weighted by Crippen LogP contribution is -2.48. The Labute approximate surface area is 159 Å². The van der Waals surface area contributed by atoms with E-state index in [1.54, 1.807) is 36.4 Å². The SMILES string of the molecule is Cc1nc(Cl)cc(N2CCN(CCNS(=O)(=O)c3ccccc3)CC2)n1. The minimum Gasteiger partial charge on any atom is -0.354 e. The van der Waals surface area contributed by atoms with Gasteiger partial charge in [-0.05, 0) is 19.1 Å². The molecular weight excluding hydrogens is 374 g/mol. The molecule has 1 aromatic heterocycles. The number of aromatic nitrogens is 2. The molecule has 2 heterocycles. The molecule has 2 aromatic rings. The van der Waals surface area contributed by atoms with Crippen LogP contribution in [-0.4, -0.2) is 62.6 Å². The normalized spacial score (nSPS) is 16.0. The second-order valence-corrected chi connectivity index (χ2v) is 8.29. The second kappa shape index (κ2) is 8.30. The van der Waals surface area contributed by atoms with Gasteiger partial charge in [0.25, 0.3) is 0 Å². The first-order valence-electron chi connectivity index (χ1n) is 8.47. The number of piperazine rings is 1. The van der Waals surface area contributed by atoms with Gasteiger partial charge >= 0.3 is 0 Å². The minimum atomic E-state index is -3.44. The molecule has 1 saturated heterocycles. The Bertz CT molecular complexity index is 819. The van der Waals surface area contributed by atoms with E-state index in [1.165, 1.54) is 0 Å². The number of hydrogen-bond acceptors (Lipinski definition) is 6. The van der Waals surface area contributed by atoms with E-state index in [0.29, 0.717) is 29.0 Å². The summed E-state index contributed by atoms with van der Waals surface area (Å²) < 4.78 is 27.1. The molecule has 1 aliphatic heterocycles. The average Bonchev–Trinajstić information content (AvgIpc) is 2.62. The van der Waals surface area contributed by atoms with Crippen LogP contribution in [0.25, 0.3) is 0 Å². The molecule has 1 aromatic carbocycles. The first-order chi connectivity index (χ1) is 12.4. The van der Waals surface area contributed by atoms with Crippen LogP contribution in [0.15, 0.2) is 41.3 Å². The lowest BCUT2D eigenvalue weighted by atomic mass is 10.3. The Morgan fingerprint density at radius 2 is 1.81 bits per heavy atom. The lowest BCUT2D eigenvalue weighted by Gasteiger charge is -2.35. The van der Waals surface area contributed by atoms with Crippen molar-refractivity contribution in [3.05, 3.63) is 47.4 Å². The van der Waals surface area contributed by atoms with Crippen LogP contribution in [-0.2, 0) is 10.0 Å². The van der Waals surface area contributed by atoms with Gasteiger partial charge in [-0.2, -0.15) is 0 Å². The first-order valence-corrected chi connectivity index (χ1v) is 10.3. The van der Waals surface area contributed by atoms with Gasteiger partial charge in [-0.25, -0.2) is 23.1 Å². The number of aryl methyl sites for hydroxylation is 1. The van der Waals surface area contributed by atoms with Gasteiger partial charge < -0.3 is 4.90 Å². The molecule has 0 amide bonds. The van der Waals surface area contributed by atoms with Crippen LogP contribution in [0, 0.1) is 6.92 Å². The van der Waals surface area contributed by atoms with Crippen molar-refractivity contribution in [2.45, 2.75) is 11.8 Å².